The van der Waals surface area contributed by atoms with Gasteiger partial charge in [0.1, 0.15) is 11.7 Å². The van der Waals surface area contributed by atoms with Crippen LogP contribution in [0.5, 0.6) is 0 Å². The molecule has 0 spiro atoms. The van der Waals surface area contributed by atoms with E-state index in [9.17, 15) is 9.59 Å². The Morgan fingerprint density at radius 3 is 2.05 bits per heavy atom. The van der Waals surface area contributed by atoms with E-state index in [0.29, 0.717) is 6.42 Å². The molecule has 0 aromatic heterocycles. The number of rotatable bonds is 8. The summed E-state index contributed by atoms with van der Waals surface area (Å²) in [5.41, 5.74) is -0.750. The molecule has 122 valence electrons. The van der Waals surface area contributed by atoms with E-state index in [2.05, 4.69) is 6.58 Å². The fourth-order valence-corrected chi connectivity index (χ4v) is 1.57. The summed E-state index contributed by atoms with van der Waals surface area (Å²) in [6.07, 6.45) is 0.0386. The number of Topliss-reactive ketones (excluding diaryl/α,β-unsaturated/α-hetero) is 1. The largest absolute Gasteiger partial charge is 0.462 e. The Morgan fingerprint density at radius 2 is 1.62 bits per heavy atom. The van der Waals surface area contributed by atoms with Gasteiger partial charge >= 0.3 is 5.97 Å². The zero-order valence-corrected chi connectivity index (χ0v) is 14.2. The molecule has 0 aromatic carbocycles. The van der Waals surface area contributed by atoms with Crippen molar-refractivity contribution in [2.45, 2.75) is 78.6 Å². The van der Waals surface area contributed by atoms with E-state index in [0.717, 1.165) is 0 Å². The van der Waals surface area contributed by atoms with E-state index in [-0.39, 0.29) is 23.9 Å². The van der Waals surface area contributed by atoms with Gasteiger partial charge in [0.25, 0.3) is 0 Å². The molecule has 5 nitrogen and oxygen atoms in total. The van der Waals surface area contributed by atoms with E-state index < -0.39 is 17.2 Å². The maximum atomic E-state index is 11.7. The molecule has 0 fully saturated rings. The molecule has 1 unspecified atom stereocenters. The lowest BCUT2D eigenvalue weighted by atomic mass is 10.0. The van der Waals surface area contributed by atoms with E-state index in [1.807, 2.05) is 34.6 Å². The van der Waals surface area contributed by atoms with Crippen molar-refractivity contribution in [2.75, 3.05) is 0 Å². The second-order valence-corrected chi connectivity index (χ2v) is 6.88. The molecular weight excluding hydrogens is 272 g/mol. The van der Waals surface area contributed by atoms with Crippen LogP contribution in [0.15, 0.2) is 12.2 Å². The van der Waals surface area contributed by atoms with Gasteiger partial charge in [-0.1, -0.05) is 6.58 Å². The van der Waals surface area contributed by atoms with Crippen LogP contribution in [0.4, 0.5) is 0 Å². The molecule has 0 amide bonds. The number of carbonyl (C=O) groups excluding carboxylic acids is 2. The van der Waals surface area contributed by atoms with E-state index in [1.54, 1.807) is 6.92 Å². The minimum atomic E-state index is -0.593. The van der Waals surface area contributed by atoms with Gasteiger partial charge in [-0.2, -0.15) is 0 Å². The Kier molecular flexibility index (Phi) is 7.27. The zero-order chi connectivity index (χ0) is 16.8. The first-order valence-electron chi connectivity index (χ1n) is 7.07. The van der Waals surface area contributed by atoms with Crippen LogP contribution in [0.2, 0.25) is 0 Å². The predicted molar refractivity (Wildman–Crippen MR) is 80.6 cm³/mol. The first kappa shape index (κ1) is 19.8. The lowest BCUT2D eigenvalue weighted by Gasteiger charge is -2.30. The number of ketones is 1. The summed E-state index contributed by atoms with van der Waals surface area (Å²) in [6, 6.07) is 0. The molecule has 0 saturated heterocycles. The van der Waals surface area contributed by atoms with Crippen LogP contribution in [0.1, 0.15) is 61.3 Å². The highest BCUT2D eigenvalue weighted by atomic mass is 17.2. The third-order valence-corrected chi connectivity index (χ3v) is 2.48. The molecule has 0 bridgehead atoms. The second-order valence-electron chi connectivity index (χ2n) is 6.88. The van der Waals surface area contributed by atoms with Gasteiger partial charge in [-0.05, 0) is 54.0 Å². The van der Waals surface area contributed by atoms with Crippen molar-refractivity contribution < 1.29 is 24.1 Å². The van der Waals surface area contributed by atoms with Crippen LogP contribution < -0.4 is 0 Å². The summed E-state index contributed by atoms with van der Waals surface area (Å²) in [5.74, 6) is -0.669. The van der Waals surface area contributed by atoms with Crippen LogP contribution >= 0.6 is 0 Å². The van der Waals surface area contributed by atoms with Crippen molar-refractivity contribution in [3.8, 4) is 0 Å². The van der Waals surface area contributed by atoms with Crippen molar-refractivity contribution in [3.63, 3.8) is 0 Å². The first-order valence-corrected chi connectivity index (χ1v) is 7.07. The number of carbonyl (C=O) groups is 2. The fraction of sp³-hybridized carbons (Fsp3) is 0.750. The Balaban J connectivity index is 4.29. The normalized spacial score (nSPS) is 13.7. The third-order valence-electron chi connectivity index (χ3n) is 2.48. The van der Waals surface area contributed by atoms with E-state index >= 15 is 0 Å². The average Bonchev–Trinajstić information content (AvgIpc) is 2.24. The van der Waals surface area contributed by atoms with Crippen molar-refractivity contribution >= 4 is 11.8 Å². The average molecular weight is 300 g/mol. The Morgan fingerprint density at radius 1 is 1.10 bits per heavy atom. The van der Waals surface area contributed by atoms with Crippen LogP contribution in [0.25, 0.3) is 0 Å². The highest BCUT2D eigenvalue weighted by Gasteiger charge is 2.27. The summed E-state index contributed by atoms with van der Waals surface area (Å²) in [5, 5.41) is 0. The minimum Gasteiger partial charge on any atom is -0.462 e. The Hall–Kier alpha value is -1.20. The Bertz CT molecular complexity index is 390. The Labute approximate surface area is 127 Å². The molecule has 0 rings (SSSR count). The van der Waals surface area contributed by atoms with Crippen LogP contribution in [0.3, 0.4) is 0 Å². The molecule has 21 heavy (non-hydrogen) atoms. The number of esters is 1. The maximum Gasteiger partial charge on any atom is 0.310 e. The topological polar surface area (TPSA) is 61.8 Å². The standard InChI is InChI=1S/C16H28O5/c1-11(13(3)17)9-14(18)19-12(2)10-16(7,8)21-20-15(4,5)6/h12H,1,9-10H2,2-8H3. The van der Waals surface area contributed by atoms with Crippen LogP contribution in [0, 0.1) is 0 Å². The lowest BCUT2D eigenvalue weighted by Crippen LogP contribution is -2.34. The van der Waals surface area contributed by atoms with Gasteiger partial charge in [-0.3, -0.25) is 9.59 Å². The first-order chi connectivity index (χ1) is 9.32. The maximum absolute atomic E-state index is 11.7. The summed E-state index contributed by atoms with van der Waals surface area (Å²) in [7, 11) is 0. The summed E-state index contributed by atoms with van der Waals surface area (Å²) < 4.78 is 5.25. The van der Waals surface area contributed by atoms with Crippen molar-refractivity contribution in [3.05, 3.63) is 12.2 Å². The molecule has 0 aromatic rings. The SMILES string of the molecule is C=C(CC(=O)OC(C)CC(C)(C)OOC(C)(C)C)C(C)=O. The van der Waals surface area contributed by atoms with Gasteiger partial charge in [0, 0.05) is 6.42 Å². The molecular formula is C16H28O5. The van der Waals surface area contributed by atoms with Gasteiger partial charge in [0.15, 0.2) is 5.78 Å². The molecule has 0 heterocycles. The molecule has 0 aliphatic rings. The van der Waals surface area contributed by atoms with Crippen LogP contribution in [-0.2, 0) is 24.1 Å². The zero-order valence-electron chi connectivity index (χ0n) is 14.2. The lowest BCUT2D eigenvalue weighted by molar-refractivity contribution is -0.399. The highest BCUT2D eigenvalue weighted by molar-refractivity contribution is 5.96. The third kappa shape index (κ3) is 10.2. The summed E-state index contributed by atoms with van der Waals surface area (Å²) in [6.45, 7) is 16.1. The van der Waals surface area contributed by atoms with Gasteiger partial charge in [-0.15, -0.1) is 0 Å². The molecule has 0 saturated carbocycles. The summed E-state index contributed by atoms with van der Waals surface area (Å²) >= 11 is 0. The monoisotopic (exact) mass is 300 g/mol. The predicted octanol–water partition coefficient (Wildman–Crippen LogP) is 3.37. The number of ether oxygens (including phenoxy) is 1. The fourth-order valence-electron chi connectivity index (χ4n) is 1.57. The molecule has 0 aliphatic carbocycles. The van der Waals surface area contributed by atoms with Crippen molar-refractivity contribution in [1.29, 1.82) is 0 Å². The number of hydrogen-bond donors (Lipinski definition) is 0. The molecule has 1 atom stereocenters. The molecule has 0 N–H and O–H groups in total. The second kappa shape index (κ2) is 7.71. The number of hydrogen-bond acceptors (Lipinski definition) is 5. The van der Waals surface area contributed by atoms with Gasteiger partial charge < -0.3 is 4.74 Å². The smallest absolute Gasteiger partial charge is 0.310 e. The molecule has 0 aliphatic heterocycles. The highest BCUT2D eigenvalue weighted by Crippen LogP contribution is 2.22. The van der Waals surface area contributed by atoms with E-state index in [1.165, 1.54) is 6.92 Å². The molecule has 0 radical (unpaired) electrons. The van der Waals surface area contributed by atoms with Gasteiger partial charge in [0.2, 0.25) is 0 Å². The minimum absolute atomic E-state index is 0.0839. The quantitative estimate of drug-likeness (QED) is 0.298. The van der Waals surface area contributed by atoms with Crippen molar-refractivity contribution in [2.24, 2.45) is 0 Å². The van der Waals surface area contributed by atoms with Crippen LogP contribution in [-0.4, -0.2) is 29.1 Å². The molecule has 5 heteroatoms. The van der Waals surface area contributed by atoms with Crippen molar-refractivity contribution in [1.82, 2.24) is 0 Å². The van der Waals surface area contributed by atoms with Gasteiger partial charge in [-0.25, -0.2) is 9.78 Å². The summed E-state index contributed by atoms with van der Waals surface area (Å²) in [4.78, 5) is 33.4. The van der Waals surface area contributed by atoms with Gasteiger partial charge in [0.05, 0.1) is 12.0 Å². The van der Waals surface area contributed by atoms with E-state index in [4.69, 9.17) is 14.5 Å².